The fourth-order valence-electron chi connectivity index (χ4n) is 5.10. The van der Waals surface area contributed by atoms with Crippen molar-refractivity contribution in [2.45, 2.75) is 58.0 Å². The van der Waals surface area contributed by atoms with Gasteiger partial charge in [0.15, 0.2) is 0 Å². The number of rotatable bonds is 9. The van der Waals surface area contributed by atoms with Crippen LogP contribution in [0.15, 0.2) is 18.2 Å². The van der Waals surface area contributed by atoms with E-state index < -0.39 is 23.8 Å². The van der Waals surface area contributed by atoms with Crippen LogP contribution in [0.2, 0.25) is 0 Å². The lowest BCUT2D eigenvalue weighted by Crippen LogP contribution is -2.51. The minimum absolute atomic E-state index is 0.166. The van der Waals surface area contributed by atoms with Crippen molar-refractivity contribution in [1.29, 1.82) is 0 Å². The van der Waals surface area contributed by atoms with E-state index in [4.69, 9.17) is 20.2 Å². The number of carbonyl (C=O) groups excluding carboxylic acids is 2. The first-order valence-electron chi connectivity index (χ1n) is 13.2. The van der Waals surface area contributed by atoms with Gasteiger partial charge in [-0.05, 0) is 69.1 Å². The van der Waals surface area contributed by atoms with Crippen molar-refractivity contribution in [2.75, 3.05) is 46.5 Å². The molecule has 2 saturated heterocycles. The third-order valence-corrected chi connectivity index (χ3v) is 7.04. The van der Waals surface area contributed by atoms with Crippen LogP contribution in [-0.2, 0) is 14.3 Å². The number of methoxy groups -OCH3 is 1. The number of likely N-dealkylation sites (tertiary alicyclic amines) is 1. The summed E-state index contributed by atoms with van der Waals surface area (Å²) in [6, 6.07) is 2.85. The van der Waals surface area contributed by atoms with Gasteiger partial charge < -0.3 is 14.4 Å². The lowest BCUT2D eigenvalue weighted by atomic mass is 9.88. The van der Waals surface area contributed by atoms with E-state index in [1.807, 2.05) is 0 Å². The van der Waals surface area contributed by atoms with Gasteiger partial charge in [0.2, 0.25) is 0 Å². The van der Waals surface area contributed by atoms with E-state index in [0.717, 1.165) is 56.4 Å². The highest BCUT2D eigenvalue weighted by molar-refractivity contribution is 5.73. The van der Waals surface area contributed by atoms with E-state index in [1.54, 1.807) is 11.8 Å². The molecule has 2 aliphatic heterocycles. The van der Waals surface area contributed by atoms with Crippen LogP contribution in [-0.4, -0.2) is 73.6 Å². The maximum Gasteiger partial charge on any atom is 0.433 e. The van der Waals surface area contributed by atoms with E-state index in [1.165, 1.54) is 24.3 Å². The Kier molecular flexibility index (Phi) is 11.3. The molecule has 0 saturated carbocycles. The normalized spacial score (nSPS) is 21.2. The molecule has 3 atom stereocenters. The van der Waals surface area contributed by atoms with Crippen molar-refractivity contribution in [3.05, 3.63) is 35.4 Å². The molecule has 9 nitrogen and oxygen atoms in total. The van der Waals surface area contributed by atoms with Crippen molar-refractivity contribution in [3.8, 4) is 0 Å². The van der Waals surface area contributed by atoms with Crippen LogP contribution in [0.1, 0.15) is 63.5 Å². The summed E-state index contributed by atoms with van der Waals surface area (Å²) in [5.41, 5.74) is 0.245. The molecule has 0 aliphatic carbocycles. The summed E-state index contributed by atoms with van der Waals surface area (Å²) < 4.78 is 38.6. The van der Waals surface area contributed by atoms with Crippen LogP contribution in [0.4, 0.5) is 18.4 Å². The topological polar surface area (TPSA) is 97.6 Å². The summed E-state index contributed by atoms with van der Waals surface area (Å²) in [6.45, 7) is 4.65. The van der Waals surface area contributed by atoms with Crippen LogP contribution in [0.3, 0.4) is 0 Å². The molecular formula is C26H40F2N4O5. The van der Waals surface area contributed by atoms with Gasteiger partial charge in [0, 0.05) is 51.4 Å². The predicted octanol–water partition coefficient (Wildman–Crippen LogP) is 4.63. The minimum Gasteiger partial charge on any atom is -0.451 e. The molecule has 1 aromatic carbocycles. The largest absolute Gasteiger partial charge is 0.451 e. The minimum atomic E-state index is -0.874. The highest BCUT2D eigenvalue weighted by Crippen LogP contribution is 2.35. The van der Waals surface area contributed by atoms with E-state index in [-0.39, 0.29) is 30.6 Å². The summed E-state index contributed by atoms with van der Waals surface area (Å²) in [6.07, 6.45) is 4.82. The molecule has 2 aliphatic rings. The number of hydrazine groups is 1. The van der Waals surface area contributed by atoms with Gasteiger partial charge in [0.05, 0.1) is 7.11 Å². The second kappa shape index (κ2) is 14.4. The first-order chi connectivity index (χ1) is 17.8. The van der Waals surface area contributed by atoms with Crippen molar-refractivity contribution < 1.29 is 32.7 Å². The van der Waals surface area contributed by atoms with E-state index in [0.29, 0.717) is 31.8 Å². The van der Waals surface area contributed by atoms with E-state index >= 15 is 0 Å². The zero-order chi connectivity index (χ0) is 26.8. The molecule has 2 unspecified atom stereocenters. The number of nitrogens with zero attached hydrogens (tertiary/aromatic N) is 3. The number of urea groups is 1. The van der Waals surface area contributed by atoms with Crippen LogP contribution in [0.25, 0.3) is 0 Å². The zero-order valence-electron chi connectivity index (χ0n) is 21.9. The van der Waals surface area contributed by atoms with Gasteiger partial charge in [0.25, 0.3) is 0 Å². The molecule has 2 N–H and O–H groups in total. The standard InChI is InChI=1S/C26H40F2N4O5/c1-3-32(26(34)35-2)37-24(21-14-22(27)16-23(28)15-21)20-10-7-11-30(17-20)25(33)31(29)12-6-9-19-8-4-5-13-36-18-19/h14-16,19-20,24H,3-13,17-18,29H2,1-2H3/t19?,20?,24-/m1/s1. The lowest BCUT2D eigenvalue weighted by Gasteiger charge is -2.39. The second-order valence-corrected chi connectivity index (χ2v) is 9.80. The molecular weight excluding hydrogens is 486 g/mol. The number of benzene rings is 1. The average Bonchev–Trinajstić information content (AvgIpc) is 3.17. The molecule has 2 heterocycles. The summed E-state index contributed by atoms with van der Waals surface area (Å²) in [7, 11) is 1.23. The Balaban J connectivity index is 1.66. The number of piperidine rings is 1. The molecule has 37 heavy (non-hydrogen) atoms. The smallest absolute Gasteiger partial charge is 0.433 e. The maximum absolute atomic E-state index is 14.1. The van der Waals surface area contributed by atoms with E-state index in [9.17, 15) is 18.4 Å². The Labute approximate surface area is 217 Å². The van der Waals surface area contributed by atoms with Gasteiger partial charge in [-0.1, -0.05) is 6.42 Å². The molecule has 3 amide bonds. The second-order valence-electron chi connectivity index (χ2n) is 9.80. The average molecular weight is 527 g/mol. The monoisotopic (exact) mass is 526 g/mol. The number of nitrogens with two attached hydrogens (primary N) is 1. The summed E-state index contributed by atoms with van der Waals surface area (Å²) in [5, 5.41) is 2.26. The van der Waals surface area contributed by atoms with Gasteiger partial charge >= 0.3 is 12.1 Å². The third-order valence-electron chi connectivity index (χ3n) is 7.04. The van der Waals surface area contributed by atoms with Crippen molar-refractivity contribution in [1.82, 2.24) is 15.0 Å². The number of hydrogen-bond donors (Lipinski definition) is 1. The van der Waals surface area contributed by atoms with Gasteiger partial charge in [-0.2, -0.15) is 5.06 Å². The number of amides is 3. The number of hydroxylamine groups is 2. The highest BCUT2D eigenvalue weighted by atomic mass is 19.1. The van der Waals surface area contributed by atoms with Crippen LogP contribution in [0, 0.1) is 23.5 Å². The molecule has 0 bridgehead atoms. The highest BCUT2D eigenvalue weighted by Gasteiger charge is 2.35. The Bertz CT molecular complexity index is 864. The summed E-state index contributed by atoms with van der Waals surface area (Å²) in [5.74, 6) is 4.81. The first kappa shape index (κ1) is 29.1. The van der Waals surface area contributed by atoms with Gasteiger partial charge in [-0.15, -0.1) is 0 Å². The molecule has 11 heteroatoms. The Hall–Kier alpha value is -2.50. The van der Waals surface area contributed by atoms with Crippen LogP contribution in [0.5, 0.6) is 0 Å². The quantitative estimate of drug-likeness (QED) is 0.286. The third kappa shape index (κ3) is 8.51. The number of hydrogen-bond acceptors (Lipinski definition) is 6. The summed E-state index contributed by atoms with van der Waals surface area (Å²) in [4.78, 5) is 32.9. The molecule has 3 rings (SSSR count). The fourth-order valence-corrected chi connectivity index (χ4v) is 5.10. The zero-order valence-corrected chi connectivity index (χ0v) is 21.9. The number of halogens is 2. The SMILES string of the molecule is CCN(O[C@@H](c1cc(F)cc(F)c1)C1CCCN(C(=O)N(N)CCCC2CCCCOC2)C1)C(=O)OC. The Morgan fingerprint density at radius 2 is 1.95 bits per heavy atom. The van der Waals surface area contributed by atoms with Crippen LogP contribution >= 0.6 is 0 Å². The molecule has 0 spiro atoms. The Morgan fingerprint density at radius 3 is 2.65 bits per heavy atom. The van der Waals surface area contributed by atoms with Crippen LogP contribution < -0.4 is 5.84 Å². The van der Waals surface area contributed by atoms with Crippen molar-refractivity contribution in [3.63, 3.8) is 0 Å². The Morgan fingerprint density at radius 1 is 1.19 bits per heavy atom. The predicted molar refractivity (Wildman–Crippen MR) is 133 cm³/mol. The molecule has 208 valence electrons. The molecule has 2 fully saturated rings. The molecule has 0 aromatic heterocycles. The fraction of sp³-hybridized carbons (Fsp3) is 0.692. The summed E-state index contributed by atoms with van der Waals surface area (Å²) >= 11 is 0. The lowest BCUT2D eigenvalue weighted by molar-refractivity contribution is -0.193. The number of ether oxygens (including phenoxy) is 2. The first-order valence-corrected chi connectivity index (χ1v) is 13.2. The van der Waals surface area contributed by atoms with E-state index in [2.05, 4.69) is 0 Å². The molecule has 0 radical (unpaired) electrons. The van der Waals surface area contributed by atoms with Gasteiger partial charge in [-0.25, -0.2) is 24.2 Å². The van der Waals surface area contributed by atoms with Crippen molar-refractivity contribution in [2.24, 2.45) is 17.7 Å². The van der Waals surface area contributed by atoms with Gasteiger partial charge in [-0.3, -0.25) is 9.85 Å². The van der Waals surface area contributed by atoms with Crippen molar-refractivity contribution >= 4 is 12.1 Å². The number of carbonyl (C=O) groups is 2. The maximum atomic E-state index is 14.1. The van der Waals surface area contributed by atoms with Gasteiger partial charge in [0.1, 0.15) is 17.7 Å². The molecule has 1 aromatic rings.